The Bertz CT molecular complexity index is 1570. The van der Waals surface area contributed by atoms with Crippen LogP contribution in [-0.2, 0) is 16.0 Å². The number of carboxylic acid groups (broad SMARTS) is 1. The van der Waals surface area contributed by atoms with Gasteiger partial charge in [-0.2, -0.15) is 13.2 Å². The maximum absolute atomic E-state index is 15.1. The zero-order valence-corrected chi connectivity index (χ0v) is 25.7. The van der Waals surface area contributed by atoms with E-state index in [0.717, 1.165) is 5.56 Å². The number of nitrogens with two attached hydrogens (primary N) is 1. The SMILES string of the molecule is N[C@H](C(=O)Nc1cccc(F)c1CC[C@@H]1CN[C@@H](CN(CC(F)(F)F)C(=O)O)CO1)[C@H](c1ccc(Cl)cc1)c1ccc2c(c1)OCO2. The average Bonchev–Trinajstić information content (AvgIpc) is 3.50. The molecule has 0 radical (unpaired) electrons. The first-order valence-electron chi connectivity index (χ1n) is 14.8. The molecule has 5 rings (SSSR count). The number of morpholine rings is 1. The molecule has 10 nitrogen and oxygen atoms in total. The van der Waals surface area contributed by atoms with Crippen molar-refractivity contribution in [1.82, 2.24) is 10.2 Å². The van der Waals surface area contributed by atoms with Crippen LogP contribution >= 0.6 is 11.6 Å². The summed E-state index contributed by atoms with van der Waals surface area (Å²) in [7, 11) is 0. The van der Waals surface area contributed by atoms with E-state index < -0.39 is 61.2 Å². The molecule has 0 spiro atoms. The molecule has 2 amide bonds. The number of amides is 2. The lowest BCUT2D eigenvalue weighted by Gasteiger charge is -2.33. The van der Waals surface area contributed by atoms with Gasteiger partial charge in [0, 0.05) is 41.3 Å². The van der Waals surface area contributed by atoms with E-state index in [1.165, 1.54) is 12.1 Å². The van der Waals surface area contributed by atoms with Gasteiger partial charge in [-0.05, 0) is 60.4 Å². The highest BCUT2D eigenvalue weighted by molar-refractivity contribution is 6.30. The number of alkyl halides is 3. The number of carbonyl (C=O) groups excluding carboxylic acids is 1. The summed E-state index contributed by atoms with van der Waals surface area (Å²) in [5, 5.41) is 15.4. The fourth-order valence-electron chi connectivity index (χ4n) is 5.65. The topological polar surface area (TPSA) is 135 Å². The molecular weight excluding hydrogens is 648 g/mol. The summed E-state index contributed by atoms with van der Waals surface area (Å²) in [6.45, 7) is -1.74. The molecule has 252 valence electrons. The highest BCUT2D eigenvalue weighted by Crippen LogP contribution is 2.38. The molecule has 15 heteroatoms. The van der Waals surface area contributed by atoms with Crippen molar-refractivity contribution < 1.29 is 46.5 Å². The van der Waals surface area contributed by atoms with E-state index in [9.17, 15) is 22.8 Å². The van der Waals surface area contributed by atoms with Crippen LogP contribution < -0.4 is 25.8 Å². The van der Waals surface area contributed by atoms with Crippen LogP contribution in [0.2, 0.25) is 5.02 Å². The van der Waals surface area contributed by atoms with Crippen LogP contribution in [-0.4, -0.2) is 79.4 Å². The molecule has 0 aromatic heterocycles. The average molecular weight is 681 g/mol. The van der Waals surface area contributed by atoms with Gasteiger partial charge in [0.05, 0.1) is 18.8 Å². The Balaban J connectivity index is 1.24. The largest absolute Gasteiger partial charge is 0.465 e. The van der Waals surface area contributed by atoms with Gasteiger partial charge in [0.15, 0.2) is 11.5 Å². The third kappa shape index (κ3) is 8.83. The van der Waals surface area contributed by atoms with Gasteiger partial charge in [-0.15, -0.1) is 0 Å². The Labute approximate surface area is 272 Å². The van der Waals surface area contributed by atoms with Crippen molar-refractivity contribution in [3.05, 3.63) is 88.2 Å². The van der Waals surface area contributed by atoms with Crippen LogP contribution in [0.5, 0.6) is 11.5 Å². The van der Waals surface area contributed by atoms with Crippen molar-refractivity contribution >= 4 is 29.3 Å². The fraction of sp³-hybridized carbons (Fsp3) is 0.375. The lowest BCUT2D eigenvalue weighted by atomic mass is 9.84. The van der Waals surface area contributed by atoms with Crippen molar-refractivity contribution in [3.8, 4) is 11.5 Å². The number of ether oxygens (including phenoxy) is 3. The van der Waals surface area contributed by atoms with Crippen LogP contribution in [0.3, 0.4) is 0 Å². The first-order chi connectivity index (χ1) is 22.4. The van der Waals surface area contributed by atoms with Gasteiger partial charge in [0.1, 0.15) is 12.4 Å². The van der Waals surface area contributed by atoms with Gasteiger partial charge in [-0.1, -0.05) is 35.9 Å². The summed E-state index contributed by atoms with van der Waals surface area (Å²) in [5.41, 5.74) is 8.48. The van der Waals surface area contributed by atoms with Gasteiger partial charge < -0.3 is 35.7 Å². The number of carbonyl (C=O) groups is 2. The molecule has 1 fully saturated rings. The summed E-state index contributed by atoms with van der Waals surface area (Å²) < 4.78 is 70.1. The highest BCUT2D eigenvalue weighted by Gasteiger charge is 2.35. The third-order valence-electron chi connectivity index (χ3n) is 7.99. The molecule has 0 saturated carbocycles. The van der Waals surface area contributed by atoms with Gasteiger partial charge >= 0.3 is 12.3 Å². The quantitative estimate of drug-likeness (QED) is 0.205. The number of fused-ring (bicyclic) bond motifs is 1. The monoisotopic (exact) mass is 680 g/mol. The lowest BCUT2D eigenvalue weighted by Crippen LogP contribution is -2.53. The minimum atomic E-state index is -4.67. The van der Waals surface area contributed by atoms with Crippen molar-refractivity contribution in [2.45, 2.75) is 43.1 Å². The van der Waals surface area contributed by atoms with Crippen molar-refractivity contribution in [3.63, 3.8) is 0 Å². The number of rotatable bonds is 11. The molecule has 0 unspecified atom stereocenters. The minimum absolute atomic E-state index is 0.0338. The van der Waals surface area contributed by atoms with E-state index in [-0.39, 0.29) is 42.5 Å². The third-order valence-corrected chi connectivity index (χ3v) is 8.24. The smallest absolute Gasteiger partial charge is 0.407 e. The number of hydrogen-bond donors (Lipinski definition) is 4. The first-order valence-corrected chi connectivity index (χ1v) is 15.1. The van der Waals surface area contributed by atoms with Crippen LogP contribution in [0.1, 0.15) is 29.0 Å². The predicted molar refractivity (Wildman–Crippen MR) is 164 cm³/mol. The molecule has 0 bridgehead atoms. The maximum Gasteiger partial charge on any atom is 0.407 e. The Morgan fingerprint density at radius 3 is 2.49 bits per heavy atom. The Hall–Kier alpha value is -4.11. The fourth-order valence-corrected chi connectivity index (χ4v) is 5.78. The van der Waals surface area contributed by atoms with E-state index >= 15 is 4.39 Å². The van der Waals surface area contributed by atoms with E-state index in [0.29, 0.717) is 28.5 Å². The minimum Gasteiger partial charge on any atom is -0.465 e. The van der Waals surface area contributed by atoms with E-state index in [1.54, 1.807) is 48.5 Å². The summed E-state index contributed by atoms with van der Waals surface area (Å²) in [4.78, 5) is 25.2. The molecule has 1 saturated heterocycles. The Kier molecular flexibility index (Phi) is 10.7. The predicted octanol–water partition coefficient (Wildman–Crippen LogP) is 5.14. The summed E-state index contributed by atoms with van der Waals surface area (Å²) >= 11 is 6.11. The van der Waals surface area contributed by atoms with Crippen molar-refractivity contribution in [1.29, 1.82) is 0 Å². The second-order valence-electron chi connectivity index (χ2n) is 11.3. The molecular formula is C32H33ClF4N4O6. The second-order valence-corrected chi connectivity index (χ2v) is 11.7. The molecule has 0 aliphatic carbocycles. The first kappa shape index (κ1) is 34.2. The molecule has 3 aromatic rings. The number of nitrogens with one attached hydrogen (secondary N) is 2. The number of halogens is 5. The normalized spacial score (nSPS) is 18.8. The van der Waals surface area contributed by atoms with Crippen LogP contribution in [0, 0.1) is 5.82 Å². The van der Waals surface area contributed by atoms with Crippen LogP contribution in [0.25, 0.3) is 0 Å². The van der Waals surface area contributed by atoms with E-state index in [1.807, 2.05) is 0 Å². The van der Waals surface area contributed by atoms with E-state index in [4.69, 9.17) is 36.7 Å². The van der Waals surface area contributed by atoms with E-state index in [2.05, 4.69) is 10.6 Å². The van der Waals surface area contributed by atoms with Gasteiger partial charge in [0.25, 0.3) is 0 Å². The molecule has 5 N–H and O–H groups in total. The second kappa shape index (κ2) is 14.8. The molecule has 3 aromatic carbocycles. The summed E-state index contributed by atoms with van der Waals surface area (Å²) in [5.74, 6) is -0.640. The van der Waals surface area contributed by atoms with Gasteiger partial charge in [0.2, 0.25) is 12.7 Å². The zero-order valence-electron chi connectivity index (χ0n) is 24.9. The number of benzene rings is 3. The Morgan fingerprint density at radius 2 is 1.81 bits per heavy atom. The van der Waals surface area contributed by atoms with Gasteiger partial charge in [-0.3, -0.25) is 9.69 Å². The Morgan fingerprint density at radius 1 is 1.09 bits per heavy atom. The molecule has 47 heavy (non-hydrogen) atoms. The number of hydrogen-bond acceptors (Lipinski definition) is 7. The van der Waals surface area contributed by atoms with Crippen molar-refractivity contribution in [2.24, 2.45) is 5.73 Å². The van der Waals surface area contributed by atoms with Crippen LogP contribution in [0.15, 0.2) is 60.7 Å². The number of nitrogens with zero attached hydrogens (tertiary/aromatic N) is 1. The molecule has 4 atom stereocenters. The lowest BCUT2D eigenvalue weighted by molar-refractivity contribution is -0.143. The summed E-state index contributed by atoms with van der Waals surface area (Å²) in [6.07, 6.45) is -6.32. The molecule has 2 heterocycles. The molecule has 2 aliphatic rings. The zero-order chi connectivity index (χ0) is 33.7. The van der Waals surface area contributed by atoms with Crippen molar-refractivity contribution in [2.75, 3.05) is 38.4 Å². The van der Waals surface area contributed by atoms with Gasteiger partial charge in [-0.25, -0.2) is 9.18 Å². The molecule has 2 aliphatic heterocycles. The highest BCUT2D eigenvalue weighted by atomic mass is 35.5. The van der Waals surface area contributed by atoms with Crippen LogP contribution in [0.4, 0.5) is 28.0 Å². The number of anilines is 1. The summed E-state index contributed by atoms with van der Waals surface area (Å²) in [6, 6.07) is 14.8. The maximum atomic E-state index is 15.1. The standard InChI is InChI=1S/C32H33ClF4N4O6/c33-20-7-4-18(5-8-20)28(19-6-11-26-27(12-19)47-17-46-26)29(38)30(42)40-25-3-1-2-24(34)23(25)10-9-22-13-39-21(15-45-22)14-41(31(43)44)16-32(35,36)37/h1-8,11-12,21-22,28-29,39H,9-10,13-17,38H2,(H,40,42)(H,43,44)/t21-,22+,28+,29-/m0/s1.